The molecule has 0 atom stereocenters. The van der Waals surface area contributed by atoms with E-state index in [9.17, 15) is 20.0 Å². The number of carbonyl (C=O) groups excluding carboxylic acids is 2. The number of phenolic OH excluding ortho intramolecular Hbond substituents is 1. The third-order valence-electron chi connectivity index (χ3n) is 3.62. The van der Waals surface area contributed by atoms with E-state index >= 15 is 0 Å². The van der Waals surface area contributed by atoms with Crippen LogP contribution < -0.4 is 10.7 Å². The molecule has 0 saturated carbocycles. The van der Waals surface area contributed by atoms with E-state index in [-0.39, 0.29) is 16.9 Å². The summed E-state index contributed by atoms with van der Waals surface area (Å²) in [4.78, 5) is 24.4. The van der Waals surface area contributed by atoms with Gasteiger partial charge in [-0.25, -0.2) is 5.43 Å². The number of nitriles is 1. The van der Waals surface area contributed by atoms with E-state index in [2.05, 4.69) is 31.8 Å². The van der Waals surface area contributed by atoms with Crippen LogP contribution in [0.4, 0.5) is 5.69 Å². The zero-order chi connectivity index (χ0) is 18.7. The number of halogens is 1. The molecule has 1 aliphatic rings. The zero-order valence-corrected chi connectivity index (χ0v) is 14.7. The van der Waals surface area contributed by atoms with Gasteiger partial charge in [-0.1, -0.05) is 34.1 Å². The first-order valence-corrected chi connectivity index (χ1v) is 8.17. The molecule has 1 aliphatic heterocycles. The van der Waals surface area contributed by atoms with Crippen LogP contribution in [-0.4, -0.2) is 23.1 Å². The Morgan fingerprint density at radius 2 is 2.08 bits per heavy atom. The molecule has 2 amide bonds. The summed E-state index contributed by atoms with van der Waals surface area (Å²) in [6, 6.07) is 13.3. The fourth-order valence-corrected chi connectivity index (χ4v) is 2.78. The Hall–Kier alpha value is -3.44. The number of nitrogens with zero attached hydrogens (tertiary/aromatic N) is 2. The van der Waals surface area contributed by atoms with Crippen molar-refractivity contribution >= 4 is 45.2 Å². The van der Waals surface area contributed by atoms with Gasteiger partial charge in [-0.05, 0) is 24.3 Å². The van der Waals surface area contributed by atoms with E-state index in [1.54, 1.807) is 42.5 Å². The van der Waals surface area contributed by atoms with Gasteiger partial charge in [0.15, 0.2) is 0 Å². The van der Waals surface area contributed by atoms with Gasteiger partial charge in [-0.3, -0.25) is 9.59 Å². The lowest BCUT2D eigenvalue weighted by Gasteiger charge is -2.03. The molecule has 3 N–H and O–H groups in total. The van der Waals surface area contributed by atoms with E-state index in [1.165, 1.54) is 12.3 Å². The average Bonchev–Trinajstić information content (AvgIpc) is 2.94. The number of amides is 2. The maximum absolute atomic E-state index is 12.3. The number of rotatable bonds is 3. The number of hydrazone groups is 1. The number of nitrogens with one attached hydrogen (secondary N) is 2. The van der Waals surface area contributed by atoms with E-state index in [0.29, 0.717) is 21.3 Å². The van der Waals surface area contributed by atoms with Gasteiger partial charge < -0.3 is 10.4 Å². The maximum Gasteiger partial charge on any atom is 0.282 e. The minimum atomic E-state index is -0.817. The Labute approximate surface area is 156 Å². The molecular formula is C18H11BrN4O3. The molecule has 0 aliphatic carbocycles. The largest absolute Gasteiger partial charge is 0.507 e. The third-order valence-corrected chi connectivity index (χ3v) is 4.12. The summed E-state index contributed by atoms with van der Waals surface area (Å²) < 4.78 is 0.693. The van der Waals surface area contributed by atoms with Crippen molar-refractivity contribution in [1.29, 1.82) is 5.26 Å². The van der Waals surface area contributed by atoms with Crippen LogP contribution in [0, 0.1) is 11.3 Å². The van der Waals surface area contributed by atoms with Crippen LogP contribution in [-0.2, 0) is 9.59 Å². The van der Waals surface area contributed by atoms with Crippen molar-refractivity contribution in [2.75, 3.05) is 5.32 Å². The van der Waals surface area contributed by atoms with Gasteiger partial charge in [-0.2, -0.15) is 10.4 Å². The van der Waals surface area contributed by atoms with Crippen LogP contribution >= 0.6 is 15.9 Å². The quantitative estimate of drug-likeness (QED) is 0.312. The number of carbonyl (C=O) groups is 2. The molecular weight excluding hydrogens is 400 g/mol. The molecule has 2 aromatic rings. The lowest BCUT2D eigenvalue weighted by Crippen LogP contribution is -2.21. The van der Waals surface area contributed by atoms with Crippen LogP contribution in [0.3, 0.4) is 0 Å². The van der Waals surface area contributed by atoms with Gasteiger partial charge in [0.2, 0.25) is 0 Å². The van der Waals surface area contributed by atoms with Crippen molar-refractivity contribution < 1.29 is 14.7 Å². The van der Waals surface area contributed by atoms with Gasteiger partial charge in [0.05, 0.1) is 11.8 Å². The highest BCUT2D eigenvalue weighted by molar-refractivity contribution is 9.10. The molecule has 26 heavy (non-hydrogen) atoms. The Balaban J connectivity index is 1.85. The Kier molecular flexibility index (Phi) is 4.82. The fourth-order valence-electron chi connectivity index (χ4n) is 2.43. The summed E-state index contributed by atoms with van der Waals surface area (Å²) in [5.74, 6) is -1.37. The highest BCUT2D eigenvalue weighted by Gasteiger charge is 2.30. The molecule has 2 aromatic carbocycles. The molecule has 0 fully saturated rings. The second-order valence-corrected chi connectivity index (χ2v) is 6.18. The van der Waals surface area contributed by atoms with E-state index < -0.39 is 11.8 Å². The summed E-state index contributed by atoms with van der Waals surface area (Å²) in [6.07, 6.45) is 1.24. The number of fused-ring (bicyclic) bond motifs is 1. The van der Waals surface area contributed by atoms with Crippen molar-refractivity contribution in [3.05, 3.63) is 63.6 Å². The predicted molar refractivity (Wildman–Crippen MR) is 99.1 cm³/mol. The second-order valence-electron chi connectivity index (χ2n) is 5.26. The lowest BCUT2D eigenvalue weighted by atomic mass is 10.0. The van der Waals surface area contributed by atoms with Gasteiger partial charge in [-0.15, -0.1) is 0 Å². The molecule has 0 unspecified atom stereocenters. The molecule has 128 valence electrons. The van der Waals surface area contributed by atoms with Crippen molar-refractivity contribution in [3.8, 4) is 11.8 Å². The smallest absolute Gasteiger partial charge is 0.282 e. The normalized spacial score (nSPS) is 14.5. The van der Waals surface area contributed by atoms with Crippen molar-refractivity contribution in [2.45, 2.75) is 0 Å². The first-order valence-electron chi connectivity index (χ1n) is 7.38. The van der Waals surface area contributed by atoms with Crippen LogP contribution in [0.2, 0.25) is 0 Å². The van der Waals surface area contributed by atoms with Gasteiger partial charge >= 0.3 is 0 Å². The Bertz CT molecular complexity index is 1020. The summed E-state index contributed by atoms with van der Waals surface area (Å²) >= 11 is 3.22. The van der Waals surface area contributed by atoms with Gasteiger partial charge in [0.25, 0.3) is 11.8 Å². The minimum Gasteiger partial charge on any atom is -0.507 e. The van der Waals surface area contributed by atoms with Gasteiger partial charge in [0, 0.05) is 21.3 Å². The molecule has 0 radical (unpaired) electrons. The predicted octanol–water partition coefficient (Wildman–Crippen LogP) is 2.53. The summed E-state index contributed by atoms with van der Waals surface area (Å²) in [5, 5.41) is 25.5. The van der Waals surface area contributed by atoms with E-state index in [1.807, 2.05) is 0 Å². The van der Waals surface area contributed by atoms with Crippen LogP contribution in [0.15, 0.2) is 57.6 Å². The summed E-state index contributed by atoms with van der Waals surface area (Å²) in [6.45, 7) is 0. The molecule has 0 saturated heterocycles. The van der Waals surface area contributed by atoms with Crippen LogP contribution in [0.25, 0.3) is 5.57 Å². The third kappa shape index (κ3) is 3.34. The molecule has 0 spiro atoms. The monoisotopic (exact) mass is 410 g/mol. The first-order chi connectivity index (χ1) is 12.5. The molecule has 7 nitrogen and oxygen atoms in total. The van der Waals surface area contributed by atoms with E-state index in [4.69, 9.17) is 0 Å². The molecule has 1 heterocycles. The molecule has 0 bridgehead atoms. The minimum absolute atomic E-state index is 0.00212. The van der Waals surface area contributed by atoms with Crippen molar-refractivity contribution in [3.63, 3.8) is 0 Å². The number of anilines is 1. The van der Waals surface area contributed by atoms with Crippen molar-refractivity contribution in [2.24, 2.45) is 5.10 Å². The number of aromatic hydroxyl groups is 1. The second kappa shape index (κ2) is 7.21. The standard InChI is InChI=1S/C18H11BrN4O3/c19-11-6-5-10(15(24)7-11)9-21-23-17(25)13(8-20)16-12-3-1-2-4-14(12)22-18(16)26/h1-7,9,24H,(H,22,26)(H,23,25). The topological polar surface area (TPSA) is 115 Å². The number of hydrogen-bond acceptors (Lipinski definition) is 5. The maximum atomic E-state index is 12.3. The molecule has 0 aromatic heterocycles. The van der Waals surface area contributed by atoms with E-state index in [0.717, 1.165) is 0 Å². The SMILES string of the molecule is N#CC(C(=O)NN=Cc1ccc(Br)cc1O)=C1C(=O)Nc2ccccc21. The Morgan fingerprint density at radius 3 is 2.81 bits per heavy atom. The van der Waals surface area contributed by atoms with Crippen LogP contribution in [0.5, 0.6) is 5.75 Å². The number of benzene rings is 2. The fraction of sp³-hybridized carbons (Fsp3) is 0. The highest BCUT2D eigenvalue weighted by Crippen LogP contribution is 2.33. The Morgan fingerprint density at radius 1 is 1.31 bits per heavy atom. The van der Waals surface area contributed by atoms with Crippen molar-refractivity contribution in [1.82, 2.24) is 5.43 Å². The highest BCUT2D eigenvalue weighted by atomic mass is 79.9. The first kappa shape index (κ1) is 17.4. The summed E-state index contributed by atoms with van der Waals surface area (Å²) in [5.41, 5.74) is 3.26. The number of phenols is 1. The molecule has 8 heteroatoms. The summed E-state index contributed by atoms with van der Waals surface area (Å²) in [7, 11) is 0. The number of para-hydroxylation sites is 1. The molecule has 3 rings (SSSR count). The number of hydrogen-bond donors (Lipinski definition) is 3. The zero-order valence-electron chi connectivity index (χ0n) is 13.2. The lowest BCUT2D eigenvalue weighted by molar-refractivity contribution is -0.117. The van der Waals surface area contributed by atoms with Gasteiger partial charge in [0.1, 0.15) is 17.4 Å². The van der Waals surface area contributed by atoms with Crippen LogP contribution in [0.1, 0.15) is 11.1 Å². The average molecular weight is 411 g/mol.